The highest BCUT2D eigenvalue weighted by atomic mass is 32.2. The summed E-state index contributed by atoms with van der Waals surface area (Å²) in [6.45, 7) is 1.02. The Labute approximate surface area is 113 Å². The van der Waals surface area contributed by atoms with Gasteiger partial charge in [0.2, 0.25) is 10.0 Å². The van der Waals surface area contributed by atoms with Crippen LogP contribution >= 0.6 is 0 Å². The quantitative estimate of drug-likeness (QED) is 0.598. The van der Waals surface area contributed by atoms with E-state index in [1.54, 1.807) is 24.3 Å². The van der Waals surface area contributed by atoms with Crippen LogP contribution in [0.1, 0.15) is 17.2 Å². The number of hydrogen-bond donors (Lipinski definition) is 3. The predicted molar refractivity (Wildman–Crippen MR) is 71.8 cm³/mol. The van der Waals surface area contributed by atoms with Gasteiger partial charge in [0.1, 0.15) is 0 Å². The summed E-state index contributed by atoms with van der Waals surface area (Å²) in [6.07, 6.45) is 0.407. The van der Waals surface area contributed by atoms with Gasteiger partial charge < -0.3 is 10.4 Å². The molecule has 0 fully saturated rings. The zero-order chi connectivity index (χ0) is 14.3. The van der Waals surface area contributed by atoms with E-state index in [9.17, 15) is 13.5 Å². The standard InChI is InChI=1S/C12H17N3O3S/c1-19(17,18)15-7-6-14-9-12(16)11-4-2-10(8-13)3-5-11/h2-5,12,14-16H,6-7,9H2,1H3. The van der Waals surface area contributed by atoms with Crippen molar-refractivity contribution in [1.82, 2.24) is 10.0 Å². The van der Waals surface area contributed by atoms with Crippen LogP contribution in [0.3, 0.4) is 0 Å². The zero-order valence-electron chi connectivity index (χ0n) is 10.6. The maximum atomic E-state index is 10.8. The number of nitriles is 1. The van der Waals surface area contributed by atoms with E-state index in [0.29, 0.717) is 24.2 Å². The minimum atomic E-state index is -3.17. The van der Waals surface area contributed by atoms with Crippen molar-refractivity contribution in [2.45, 2.75) is 6.10 Å². The van der Waals surface area contributed by atoms with Gasteiger partial charge in [0, 0.05) is 19.6 Å². The van der Waals surface area contributed by atoms with Crippen LogP contribution in [-0.2, 0) is 10.0 Å². The lowest BCUT2D eigenvalue weighted by Gasteiger charge is -2.12. The predicted octanol–water partition coefficient (Wildman–Crippen LogP) is -0.270. The first kappa shape index (κ1) is 15.6. The summed E-state index contributed by atoms with van der Waals surface area (Å²) in [5.74, 6) is 0. The highest BCUT2D eigenvalue weighted by Crippen LogP contribution is 2.12. The highest BCUT2D eigenvalue weighted by molar-refractivity contribution is 7.88. The SMILES string of the molecule is CS(=O)(=O)NCCNCC(O)c1ccc(C#N)cc1. The van der Waals surface area contributed by atoms with Crippen molar-refractivity contribution in [3.8, 4) is 6.07 Å². The van der Waals surface area contributed by atoms with Gasteiger partial charge in [-0.3, -0.25) is 0 Å². The lowest BCUT2D eigenvalue weighted by Crippen LogP contribution is -2.32. The van der Waals surface area contributed by atoms with Crippen LogP contribution in [-0.4, -0.2) is 39.4 Å². The zero-order valence-corrected chi connectivity index (χ0v) is 11.4. The number of rotatable bonds is 7. The molecule has 0 aliphatic rings. The number of nitrogens with zero attached hydrogens (tertiary/aromatic N) is 1. The fourth-order valence-corrected chi connectivity index (χ4v) is 1.93. The molecule has 104 valence electrons. The van der Waals surface area contributed by atoms with Crippen molar-refractivity contribution in [3.63, 3.8) is 0 Å². The van der Waals surface area contributed by atoms with Gasteiger partial charge in [0.05, 0.1) is 24.0 Å². The molecule has 1 aromatic carbocycles. The number of nitrogens with one attached hydrogen (secondary N) is 2. The Morgan fingerprint density at radius 3 is 2.47 bits per heavy atom. The summed E-state index contributed by atoms with van der Waals surface area (Å²) in [6, 6.07) is 8.68. The second-order valence-electron chi connectivity index (χ2n) is 4.12. The summed E-state index contributed by atoms with van der Waals surface area (Å²) in [5.41, 5.74) is 1.25. The molecule has 7 heteroatoms. The number of sulfonamides is 1. The molecule has 0 radical (unpaired) electrons. The first-order chi connectivity index (χ1) is 8.92. The molecule has 1 aromatic rings. The molecule has 19 heavy (non-hydrogen) atoms. The largest absolute Gasteiger partial charge is 0.387 e. The molecule has 1 unspecified atom stereocenters. The summed E-state index contributed by atoms with van der Waals surface area (Å²) in [5, 5.41) is 21.5. The highest BCUT2D eigenvalue weighted by Gasteiger charge is 2.07. The molecule has 6 nitrogen and oxygen atoms in total. The summed E-state index contributed by atoms with van der Waals surface area (Å²) >= 11 is 0. The lowest BCUT2D eigenvalue weighted by molar-refractivity contribution is 0.175. The summed E-state index contributed by atoms with van der Waals surface area (Å²) in [7, 11) is -3.17. The van der Waals surface area contributed by atoms with Crippen LogP contribution in [0.25, 0.3) is 0 Å². The second kappa shape index (κ2) is 7.21. The third kappa shape index (κ3) is 6.31. The van der Waals surface area contributed by atoms with E-state index in [2.05, 4.69) is 10.0 Å². The maximum Gasteiger partial charge on any atom is 0.208 e. The number of aliphatic hydroxyl groups excluding tert-OH is 1. The van der Waals surface area contributed by atoms with E-state index in [0.717, 1.165) is 6.26 Å². The van der Waals surface area contributed by atoms with Crippen LogP contribution in [0.4, 0.5) is 0 Å². The van der Waals surface area contributed by atoms with E-state index >= 15 is 0 Å². The smallest absolute Gasteiger partial charge is 0.208 e. The van der Waals surface area contributed by atoms with E-state index < -0.39 is 16.1 Å². The molecular weight excluding hydrogens is 266 g/mol. The number of hydrogen-bond acceptors (Lipinski definition) is 5. The summed E-state index contributed by atoms with van der Waals surface area (Å²) < 4.78 is 23.9. The van der Waals surface area contributed by atoms with Crippen molar-refractivity contribution in [2.75, 3.05) is 25.9 Å². The van der Waals surface area contributed by atoms with Crippen LogP contribution in [0, 0.1) is 11.3 Å². The van der Waals surface area contributed by atoms with Crippen LogP contribution in [0.5, 0.6) is 0 Å². The van der Waals surface area contributed by atoms with Gasteiger partial charge in [0.25, 0.3) is 0 Å². The Morgan fingerprint density at radius 2 is 1.95 bits per heavy atom. The first-order valence-electron chi connectivity index (χ1n) is 5.76. The number of aliphatic hydroxyl groups is 1. The monoisotopic (exact) mass is 283 g/mol. The molecular formula is C12H17N3O3S. The first-order valence-corrected chi connectivity index (χ1v) is 7.65. The minimum absolute atomic E-state index is 0.277. The molecule has 3 N–H and O–H groups in total. The topological polar surface area (TPSA) is 102 Å². The molecule has 0 aliphatic carbocycles. The van der Waals surface area contributed by atoms with Gasteiger partial charge in [0.15, 0.2) is 0 Å². The molecule has 0 amide bonds. The second-order valence-corrected chi connectivity index (χ2v) is 5.95. The summed E-state index contributed by atoms with van der Waals surface area (Å²) in [4.78, 5) is 0. The Hall–Kier alpha value is -1.46. The Morgan fingerprint density at radius 1 is 1.32 bits per heavy atom. The Balaban J connectivity index is 2.31. The third-order valence-corrected chi connectivity index (χ3v) is 3.16. The molecule has 0 saturated carbocycles. The van der Waals surface area contributed by atoms with E-state index in [1.165, 1.54) is 0 Å². The fourth-order valence-electron chi connectivity index (χ4n) is 1.46. The van der Waals surface area contributed by atoms with E-state index in [1.807, 2.05) is 6.07 Å². The van der Waals surface area contributed by atoms with Gasteiger partial charge in [-0.1, -0.05) is 12.1 Å². The van der Waals surface area contributed by atoms with Crippen molar-refractivity contribution < 1.29 is 13.5 Å². The lowest BCUT2D eigenvalue weighted by atomic mass is 10.1. The molecule has 0 spiro atoms. The van der Waals surface area contributed by atoms with Gasteiger partial charge in [-0.2, -0.15) is 5.26 Å². The van der Waals surface area contributed by atoms with Crippen LogP contribution in [0.2, 0.25) is 0 Å². The Kier molecular flexibility index (Phi) is 5.92. The molecule has 1 atom stereocenters. The molecule has 0 saturated heterocycles. The fraction of sp³-hybridized carbons (Fsp3) is 0.417. The van der Waals surface area contributed by atoms with Crippen molar-refractivity contribution in [1.29, 1.82) is 5.26 Å². The number of benzene rings is 1. The van der Waals surface area contributed by atoms with Gasteiger partial charge in [-0.15, -0.1) is 0 Å². The third-order valence-electron chi connectivity index (χ3n) is 2.43. The van der Waals surface area contributed by atoms with Crippen molar-refractivity contribution in [2.24, 2.45) is 0 Å². The molecule has 1 rings (SSSR count). The van der Waals surface area contributed by atoms with Crippen LogP contribution in [0.15, 0.2) is 24.3 Å². The van der Waals surface area contributed by atoms with E-state index in [4.69, 9.17) is 5.26 Å². The minimum Gasteiger partial charge on any atom is -0.387 e. The molecule has 0 heterocycles. The van der Waals surface area contributed by atoms with Gasteiger partial charge in [-0.05, 0) is 17.7 Å². The Bertz CT molecular complexity index is 534. The molecule has 0 aliphatic heterocycles. The van der Waals surface area contributed by atoms with Gasteiger partial charge in [-0.25, -0.2) is 13.1 Å². The van der Waals surface area contributed by atoms with Gasteiger partial charge >= 0.3 is 0 Å². The average Bonchev–Trinajstić information content (AvgIpc) is 2.37. The van der Waals surface area contributed by atoms with Crippen molar-refractivity contribution >= 4 is 10.0 Å². The van der Waals surface area contributed by atoms with Crippen LogP contribution < -0.4 is 10.0 Å². The molecule has 0 bridgehead atoms. The average molecular weight is 283 g/mol. The normalized spacial score (nSPS) is 12.9. The molecule has 0 aromatic heterocycles. The van der Waals surface area contributed by atoms with E-state index in [-0.39, 0.29) is 6.54 Å². The maximum absolute atomic E-state index is 10.8. The van der Waals surface area contributed by atoms with Crippen molar-refractivity contribution in [3.05, 3.63) is 35.4 Å².